The molecule has 0 aliphatic heterocycles. The fraction of sp³-hybridized carbons (Fsp3) is 0.192. The summed E-state index contributed by atoms with van der Waals surface area (Å²) in [6.45, 7) is 10.9. The smallest absolute Gasteiger partial charge is 0.145 e. The number of aromatic nitrogens is 2. The van der Waals surface area contributed by atoms with Gasteiger partial charge in [-0.1, -0.05) is 53.6 Å². The molecule has 2 aromatic heterocycles. The van der Waals surface area contributed by atoms with E-state index in [4.69, 9.17) is 4.98 Å². The third kappa shape index (κ3) is 2.37. The van der Waals surface area contributed by atoms with Crippen LogP contribution in [0.2, 0.25) is 0 Å². The molecule has 0 spiro atoms. The molecule has 0 radical (unpaired) electrons. The lowest BCUT2D eigenvalue weighted by molar-refractivity contribution is 1.24. The number of aryl methyl sites for hydroxylation is 5. The van der Waals surface area contributed by atoms with E-state index in [0.29, 0.717) is 0 Å². The van der Waals surface area contributed by atoms with Crippen molar-refractivity contribution in [3.63, 3.8) is 0 Å². The highest BCUT2D eigenvalue weighted by Crippen LogP contribution is 2.35. The van der Waals surface area contributed by atoms with Gasteiger partial charge in [-0.15, -0.1) is 0 Å². The summed E-state index contributed by atoms with van der Waals surface area (Å²) >= 11 is 0. The zero-order valence-electron chi connectivity index (χ0n) is 17.1. The van der Waals surface area contributed by atoms with Crippen molar-refractivity contribution >= 4 is 27.3 Å². The Morgan fingerprint density at radius 1 is 0.679 bits per heavy atom. The summed E-state index contributed by atoms with van der Waals surface area (Å²) in [6, 6.07) is 17.7. The minimum atomic E-state index is 1.03. The summed E-state index contributed by atoms with van der Waals surface area (Å²) in [4.78, 5) is 5.14. The van der Waals surface area contributed by atoms with Crippen LogP contribution in [0.4, 0.5) is 0 Å². The maximum atomic E-state index is 5.14. The second kappa shape index (κ2) is 5.93. The number of benzene rings is 3. The summed E-state index contributed by atoms with van der Waals surface area (Å²) in [5.41, 5.74) is 11.0. The van der Waals surface area contributed by atoms with Gasteiger partial charge in [0.2, 0.25) is 0 Å². The first-order valence-corrected chi connectivity index (χ1v) is 9.83. The van der Waals surface area contributed by atoms with Gasteiger partial charge in [0.25, 0.3) is 0 Å². The van der Waals surface area contributed by atoms with Gasteiger partial charge < -0.3 is 0 Å². The molecule has 0 N–H and O–H groups in total. The zero-order chi connectivity index (χ0) is 19.6. The lowest BCUT2D eigenvalue weighted by atomic mass is 9.98. The number of nitrogens with zero attached hydrogens (tertiary/aromatic N) is 2. The Morgan fingerprint density at radius 3 is 2.00 bits per heavy atom. The SMILES string of the molecule is Cc1cc(C)c(-c2cn3c(n2)c2ccccc2c2cc(C)cc(C)c23)c(C)c1. The standard InChI is InChI=1S/C26H24N2/c1-15-10-17(3)24(18(4)11-15)23-14-28-25-19(5)12-16(2)13-22(25)20-8-6-7-9-21(20)26(28)27-23/h6-14H,1-5H3. The van der Waals surface area contributed by atoms with E-state index in [1.54, 1.807) is 0 Å². The van der Waals surface area contributed by atoms with E-state index in [1.165, 1.54) is 55.1 Å². The molecule has 3 aromatic carbocycles. The lowest BCUT2D eigenvalue weighted by Crippen LogP contribution is -1.93. The number of hydrogen-bond donors (Lipinski definition) is 0. The van der Waals surface area contributed by atoms with Gasteiger partial charge in [0.15, 0.2) is 0 Å². The first-order valence-electron chi connectivity index (χ1n) is 9.83. The molecule has 5 rings (SSSR count). The molecule has 0 unspecified atom stereocenters. The molecule has 0 aliphatic rings. The summed E-state index contributed by atoms with van der Waals surface area (Å²) < 4.78 is 2.29. The largest absolute Gasteiger partial charge is 0.298 e. The van der Waals surface area contributed by atoms with E-state index < -0.39 is 0 Å². The second-order valence-corrected chi connectivity index (χ2v) is 8.12. The monoisotopic (exact) mass is 364 g/mol. The van der Waals surface area contributed by atoms with Crippen LogP contribution in [0.3, 0.4) is 0 Å². The van der Waals surface area contributed by atoms with Gasteiger partial charge in [-0.25, -0.2) is 4.98 Å². The molecule has 28 heavy (non-hydrogen) atoms. The Morgan fingerprint density at radius 2 is 1.29 bits per heavy atom. The number of imidazole rings is 1. The summed E-state index contributed by atoms with van der Waals surface area (Å²) in [7, 11) is 0. The predicted molar refractivity (Wildman–Crippen MR) is 119 cm³/mol. The van der Waals surface area contributed by atoms with Crippen molar-refractivity contribution in [2.75, 3.05) is 0 Å². The van der Waals surface area contributed by atoms with Crippen LogP contribution in [0.25, 0.3) is 38.6 Å². The molecule has 0 saturated carbocycles. The van der Waals surface area contributed by atoms with E-state index in [1.807, 2.05) is 0 Å². The number of rotatable bonds is 1. The minimum absolute atomic E-state index is 1.03. The quantitative estimate of drug-likeness (QED) is 0.297. The van der Waals surface area contributed by atoms with Crippen molar-refractivity contribution in [2.45, 2.75) is 34.6 Å². The normalized spacial score (nSPS) is 11.8. The lowest BCUT2D eigenvalue weighted by Gasteiger charge is -2.11. The topological polar surface area (TPSA) is 17.3 Å². The van der Waals surface area contributed by atoms with Gasteiger partial charge >= 0.3 is 0 Å². The third-order valence-electron chi connectivity index (χ3n) is 5.78. The van der Waals surface area contributed by atoms with Crippen molar-refractivity contribution < 1.29 is 0 Å². The highest BCUT2D eigenvalue weighted by atomic mass is 15.0. The van der Waals surface area contributed by atoms with Crippen LogP contribution in [0, 0.1) is 34.6 Å². The van der Waals surface area contributed by atoms with Crippen LogP contribution >= 0.6 is 0 Å². The molecule has 0 atom stereocenters. The minimum Gasteiger partial charge on any atom is -0.298 e. The van der Waals surface area contributed by atoms with Crippen LogP contribution < -0.4 is 0 Å². The molecular weight excluding hydrogens is 340 g/mol. The van der Waals surface area contributed by atoms with Crippen molar-refractivity contribution in [2.24, 2.45) is 0 Å². The summed E-state index contributed by atoms with van der Waals surface area (Å²) in [5.74, 6) is 0. The number of pyridine rings is 1. The van der Waals surface area contributed by atoms with Gasteiger partial charge in [0.1, 0.15) is 5.65 Å². The first-order chi connectivity index (χ1) is 13.4. The summed E-state index contributed by atoms with van der Waals surface area (Å²) in [5, 5.41) is 3.77. The van der Waals surface area contributed by atoms with Crippen LogP contribution in [0.15, 0.2) is 54.7 Å². The van der Waals surface area contributed by atoms with Crippen molar-refractivity contribution in [3.05, 3.63) is 82.5 Å². The van der Waals surface area contributed by atoms with Crippen molar-refractivity contribution in [1.29, 1.82) is 0 Å². The van der Waals surface area contributed by atoms with Crippen LogP contribution in [0.1, 0.15) is 27.8 Å². The average Bonchev–Trinajstić information content (AvgIpc) is 3.05. The second-order valence-electron chi connectivity index (χ2n) is 8.12. The fourth-order valence-corrected chi connectivity index (χ4v) is 4.84. The maximum Gasteiger partial charge on any atom is 0.145 e. The summed E-state index contributed by atoms with van der Waals surface area (Å²) in [6.07, 6.45) is 2.22. The van der Waals surface area contributed by atoms with E-state index in [9.17, 15) is 0 Å². The van der Waals surface area contributed by atoms with Gasteiger partial charge in [0, 0.05) is 22.5 Å². The third-order valence-corrected chi connectivity index (χ3v) is 5.78. The fourth-order valence-electron chi connectivity index (χ4n) is 4.84. The Hall–Kier alpha value is -3.13. The Labute approximate surface area is 165 Å². The highest BCUT2D eigenvalue weighted by molar-refractivity contribution is 6.12. The molecule has 2 nitrogen and oxygen atoms in total. The Balaban J connectivity index is 1.98. The molecule has 5 aromatic rings. The van der Waals surface area contributed by atoms with Crippen LogP contribution in [0.5, 0.6) is 0 Å². The number of fused-ring (bicyclic) bond motifs is 6. The van der Waals surface area contributed by atoms with Gasteiger partial charge in [-0.3, -0.25) is 4.40 Å². The molecule has 2 heterocycles. The molecule has 0 amide bonds. The van der Waals surface area contributed by atoms with E-state index in [0.717, 1.165) is 11.3 Å². The highest BCUT2D eigenvalue weighted by Gasteiger charge is 2.16. The number of hydrogen-bond acceptors (Lipinski definition) is 1. The molecule has 0 bridgehead atoms. The Bertz CT molecular complexity index is 1380. The van der Waals surface area contributed by atoms with Crippen molar-refractivity contribution in [1.82, 2.24) is 9.38 Å². The van der Waals surface area contributed by atoms with Gasteiger partial charge in [0.05, 0.1) is 11.2 Å². The molecule has 0 saturated heterocycles. The Kier molecular flexibility index (Phi) is 3.60. The molecule has 0 aliphatic carbocycles. The van der Waals surface area contributed by atoms with Crippen molar-refractivity contribution in [3.8, 4) is 11.3 Å². The molecule has 138 valence electrons. The van der Waals surface area contributed by atoms with Crippen LogP contribution in [-0.2, 0) is 0 Å². The average molecular weight is 364 g/mol. The molecular formula is C26H24N2. The molecule has 0 fully saturated rings. The van der Waals surface area contributed by atoms with E-state index in [-0.39, 0.29) is 0 Å². The van der Waals surface area contributed by atoms with E-state index >= 15 is 0 Å². The maximum absolute atomic E-state index is 5.14. The van der Waals surface area contributed by atoms with E-state index in [2.05, 4.69) is 93.7 Å². The molecule has 2 heteroatoms. The zero-order valence-corrected chi connectivity index (χ0v) is 17.1. The van der Waals surface area contributed by atoms with Gasteiger partial charge in [-0.2, -0.15) is 0 Å². The van der Waals surface area contributed by atoms with Gasteiger partial charge in [-0.05, 0) is 62.8 Å². The first kappa shape index (κ1) is 17.0. The predicted octanol–water partition coefficient (Wildman–Crippen LogP) is 6.85. The van der Waals surface area contributed by atoms with Crippen LogP contribution in [-0.4, -0.2) is 9.38 Å².